The van der Waals surface area contributed by atoms with Crippen LogP contribution in [-0.2, 0) is 0 Å². The van der Waals surface area contributed by atoms with Crippen molar-refractivity contribution in [1.29, 1.82) is 0 Å². The molecule has 0 aliphatic carbocycles. The molecule has 0 amide bonds. The van der Waals surface area contributed by atoms with Crippen molar-refractivity contribution in [2.45, 2.75) is 6.61 Å². The second-order valence-electron chi connectivity index (χ2n) is 3.27. The lowest BCUT2D eigenvalue weighted by molar-refractivity contribution is -0.0498. The van der Waals surface area contributed by atoms with Crippen LogP contribution in [0, 0.1) is 5.95 Å². The van der Waals surface area contributed by atoms with Crippen LogP contribution in [0.5, 0.6) is 5.75 Å². The van der Waals surface area contributed by atoms with Gasteiger partial charge < -0.3 is 4.74 Å². The Hall–Kier alpha value is -2.04. The van der Waals surface area contributed by atoms with Crippen LogP contribution in [0.2, 0.25) is 0 Å². The molecule has 0 N–H and O–H groups in total. The highest BCUT2D eigenvalue weighted by atomic mass is 19.3. The fraction of sp³-hybridized carbons (Fsp3) is 0.0833. The van der Waals surface area contributed by atoms with Crippen molar-refractivity contribution in [2.75, 3.05) is 0 Å². The van der Waals surface area contributed by atoms with E-state index in [1.165, 1.54) is 24.4 Å². The molecule has 88 valence electrons. The number of rotatable bonds is 3. The summed E-state index contributed by atoms with van der Waals surface area (Å²) in [5.74, 6) is -0.520. The maximum absolute atomic E-state index is 12.9. The van der Waals surface area contributed by atoms with Crippen molar-refractivity contribution in [2.24, 2.45) is 0 Å². The molecule has 0 fully saturated rings. The molecule has 0 aliphatic heterocycles. The Balaban J connectivity index is 2.23. The van der Waals surface area contributed by atoms with Crippen molar-refractivity contribution in [3.8, 4) is 16.9 Å². The number of ether oxygens (including phenoxy) is 1. The minimum Gasteiger partial charge on any atom is -0.435 e. The van der Waals surface area contributed by atoms with E-state index in [-0.39, 0.29) is 5.75 Å². The first-order valence-corrected chi connectivity index (χ1v) is 4.82. The maximum Gasteiger partial charge on any atom is 0.387 e. The van der Waals surface area contributed by atoms with Crippen molar-refractivity contribution >= 4 is 0 Å². The zero-order valence-corrected chi connectivity index (χ0v) is 8.61. The van der Waals surface area contributed by atoms with Gasteiger partial charge in [-0.05, 0) is 29.3 Å². The number of aromatic nitrogens is 1. The van der Waals surface area contributed by atoms with Gasteiger partial charge in [-0.15, -0.1) is 0 Å². The average Bonchev–Trinajstić information content (AvgIpc) is 2.29. The minimum absolute atomic E-state index is 0.0679. The number of pyridine rings is 1. The van der Waals surface area contributed by atoms with Gasteiger partial charge in [-0.1, -0.05) is 12.1 Å². The van der Waals surface area contributed by atoms with Crippen molar-refractivity contribution in [3.05, 3.63) is 48.5 Å². The third-order valence-corrected chi connectivity index (χ3v) is 2.14. The smallest absolute Gasteiger partial charge is 0.387 e. The summed E-state index contributed by atoms with van der Waals surface area (Å²) in [4.78, 5) is 3.43. The third kappa shape index (κ3) is 2.96. The molecular weight excluding hydrogens is 231 g/mol. The molecule has 0 spiro atoms. The molecule has 0 bridgehead atoms. The second-order valence-corrected chi connectivity index (χ2v) is 3.27. The molecule has 2 rings (SSSR count). The van der Waals surface area contributed by atoms with Gasteiger partial charge in [-0.2, -0.15) is 13.2 Å². The third-order valence-electron chi connectivity index (χ3n) is 2.14. The van der Waals surface area contributed by atoms with Crippen LogP contribution in [0.4, 0.5) is 13.2 Å². The van der Waals surface area contributed by atoms with E-state index in [2.05, 4.69) is 9.72 Å². The molecule has 1 heterocycles. The van der Waals surface area contributed by atoms with Gasteiger partial charge in [-0.3, -0.25) is 0 Å². The zero-order chi connectivity index (χ0) is 12.3. The Bertz CT molecular complexity index is 499. The second kappa shape index (κ2) is 4.86. The molecule has 5 heteroatoms. The Morgan fingerprint density at radius 1 is 1.00 bits per heavy atom. The van der Waals surface area contributed by atoms with Crippen LogP contribution in [0.1, 0.15) is 0 Å². The van der Waals surface area contributed by atoms with Crippen LogP contribution in [0.25, 0.3) is 11.1 Å². The number of hydrogen-bond acceptors (Lipinski definition) is 2. The van der Waals surface area contributed by atoms with Gasteiger partial charge in [0.2, 0.25) is 5.95 Å². The summed E-state index contributed by atoms with van der Waals surface area (Å²) in [5, 5.41) is 0. The predicted molar refractivity (Wildman–Crippen MR) is 56.3 cm³/mol. The highest BCUT2D eigenvalue weighted by Crippen LogP contribution is 2.23. The summed E-state index contributed by atoms with van der Waals surface area (Å²) in [5.41, 5.74) is 1.33. The molecule has 0 aliphatic rings. The van der Waals surface area contributed by atoms with Gasteiger partial charge in [-0.25, -0.2) is 4.98 Å². The molecule has 2 aromatic rings. The first kappa shape index (κ1) is 11.4. The molecule has 17 heavy (non-hydrogen) atoms. The molecule has 1 aromatic carbocycles. The van der Waals surface area contributed by atoms with E-state index in [0.29, 0.717) is 11.1 Å². The highest BCUT2D eigenvalue weighted by molar-refractivity contribution is 5.63. The number of hydrogen-bond donors (Lipinski definition) is 0. The summed E-state index contributed by atoms with van der Waals surface area (Å²) in [7, 11) is 0. The Morgan fingerprint density at radius 2 is 1.71 bits per heavy atom. The average molecular weight is 239 g/mol. The summed E-state index contributed by atoms with van der Waals surface area (Å²) in [6.45, 7) is -2.85. The fourth-order valence-electron chi connectivity index (χ4n) is 1.41. The Morgan fingerprint density at radius 3 is 2.29 bits per heavy atom. The monoisotopic (exact) mass is 239 g/mol. The lowest BCUT2D eigenvalue weighted by atomic mass is 10.1. The molecule has 0 radical (unpaired) electrons. The van der Waals surface area contributed by atoms with Crippen molar-refractivity contribution < 1.29 is 17.9 Å². The summed E-state index contributed by atoms with van der Waals surface area (Å²) in [6, 6.07) is 8.85. The quantitative estimate of drug-likeness (QED) is 0.765. The maximum atomic E-state index is 12.9. The van der Waals surface area contributed by atoms with Gasteiger partial charge in [0.15, 0.2) is 0 Å². The van der Waals surface area contributed by atoms with E-state index >= 15 is 0 Å². The topological polar surface area (TPSA) is 22.1 Å². The van der Waals surface area contributed by atoms with Crippen LogP contribution in [0.15, 0.2) is 42.6 Å². The predicted octanol–water partition coefficient (Wildman–Crippen LogP) is 3.49. The SMILES string of the molecule is Fc1cc(-c2ccc(OC(F)F)cc2)ccn1. The first-order chi connectivity index (χ1) is 8.15. The van der Waals surface area contributed by atoms with E-state index in [0.717, 1.165) is 0 Å². The van der Waals surface area contributed by atoms with Gasteiger partial charge in [0, 0.05) is 12.3 Å². The lowest BCUT2D eigenvalue weighted by Gasteiger charge is -2.05. The molecule has 0 saturated heterocycles. The largest absolute Gasteiger partial charge is 0.435 e. The van der Waals surface area contributed by atoms with Crippen LogP contribution >= 0.6 is 0 Å². The van der Waals surface area contributed by atoms with E-state index in [1.807, 2.05) is 0 Å². The number of alkyl halides is 2. The van der Waals surface area contributed by atoms with E-state index in [9.17, 15) is 13.2 Å². The van der Waals surface area contributed by atoms with Crippen LogP contribution < -0.4 is 4.74 Å². The molecular formula is C12H8F3NO. The standard InChI is InChI=1S/C12H8F3NO/c13-11-7-9(5-6-16-11)8-1-3-10(4-2-8)17-12(14)15/h1-7,12H. The molecule has 0 unspecified atom stereocenters. The molecule has 0 atom stereocenters. The summed E-state index contributed by atoms with van der Waals surface area (Å²) >= 11 is 0. The first-order valence-electron chi connectivity index (χ1n) is 4.82. The van der Waals surface area contributed by atoms with Gasteiger partial charge in [0.1, 0.15) is 5.75 Å². The van der Waals surface area contributed by atoms with Crippen molar-refractivity contribution in [1.82, 2.24) is 4.98 Å². The number of nitrogens with zero attached hydrogens (tertiary/aromatic N) is 1. The van der Waals surface area contributed by atoms with Gasteiger partial charge in [0.25, 0.3) is 0 Å². The molecule has 2 nitrogen and oxygen atoms in total. The van der Waals surface area contributed by atoms with E-state index < -0.39 is 12.6 Å². The zero-order valence-electron chi connectivity index (χ0n) is 8.61. The van der Waals surface area contributed by atoms with Crippen LogP contribution in [-0.4, -0.2) is 11.6 Å². The number of benzene rings is 1. The normalized spacial score (nSPS) is 10.6. The molecule has 0 saturated carbocycles. The highest BCUT2D eigenvalue weighted by Gasteiger charge is 2.04. The molecule has 1 aromatic heterocycles. The van der Waals surface area contributed by atoms with Gasteiger partial charge in [0.05, 0.1) is 0 Å². The van der Waals surface area contributed by atoms with Crippen LogP contribution in [0.3, 0.4) is 0 Å². The Labute approximate surface area is 95.7 Å². The lowest BCUT2D eigenvalue weighted by Crippen LogP contribution is -2.01. The Kier molecular flexibility index (Phi) is 3.27. The van der Waals surface area contributed by atoms with Crippen molar-refractivity contribution in [3.63, 3.8) is 0 Å². The minimum atomic E-state index is -2.85. The summed E-state index contributed by atoms with van der Waals surface area (Å²) < 4.78 is 40.9. The number of halogens is 3. The fourth-order valence-corrected chi connectivity index (χ4v) is 1.41. The van der Waals surface area contributed by atoms with E-state index in [1.54, 1.807) is 18.2 Å². The van der Waals surface area contributed by atoms with Gasteiger partial charge >= 0.3 is 6.61 Å². The van der Waals surface area contributed by atoms with E-state index in [4.69, 9.17) is 0 Å². The summed E-state index contributed by atoms with van der Waals surface area (Å²) in [6.07, 6.45) is 1.34.